The highest BCUT2D eigenvalue weighted by atomic mass is 79.9. The lowest BCUT2D eigenvalue weighted by atomic mass is 10.1. The van der Waals surface area contributed by atoms with Crippen LogP contribution in [0, 0.1) is 18.6 Å². The first kappa shape index (κ1) is 14.2. The molecule has 21 heavy (non-hydrogen) atoms. The molecule has 106 valence electrons. The maximum Gasteiger partial charge on any atom is 0.266 e. The highest BCUT2D eigenvalue weighted by Gasteiger charge is 2.08. The number of aromatic amines is 1. The van der Waals surface area contributed by atoms with Crippen LogP contribution in [0.3, 0.4) is 0 Å². The van der Waals surface area contributed by atoms with Gasteiger partial charge in [-0.3, -0.25) is 9.36 Å². The molecule has 0 bridgehead atoms. The lowest BCUT2D eigenvalue weighted by molar-refractivity contribution is 0.937. The van der Waals surface area contributed by atoms with E-state index >= 15 is 0 Å². The van der Waals surface area contributed by atoms with Gasteiger partial charge < -0.3 is 4.98 Å². The number of rotatable bonds is 1. The molecule has 0 unspecified atom stereocenters. The van der Waals surface area contributed by atoms with Gasteiger partial charge in [-0.15, -0.1) is 0 Å². The molecule has 1 N–H and O–H groups in total. The molecule has 0 fully saturated rings. The van der Waals surface area contributed by atoms with E-state index in [0.29, 0.717) is 10.2 Å². The molecule has 3 nitrogen and oxygen atoms in total. The summed E-state index contributed by atoms with van der Waals surface area (Å²) in [4.78, 5) is 15.9. The quantitative estimate of drug-likeness (QED) is 0.652. The van der Waals surface area contributed by atoms with Crippen LogP contribution < -0.4 is 5.56 Å². The number of halogens is 1. The van der Waals surface area contributed by atoms with Crippen molar-refractivity contribution in [2.75, 3.05) is 0 Å². The standard InChI is InChI=1S/C16H13BrN2OS/c1-9-3-6-14-12(7-9)15(20)19(16(21)18-14)11-4-5-13(17)10(2)8-11/h3-8H,1-2H3,(H,18,21). The minimum atomic E-state index is -0.0980. The summed E-state index contributed by atoms with van der Waals surface area (Å²) in [5.74, 6) is 0. The lowest BCUT2D eigenvalue weighted by Gasteiger charge is -2.10. The third-order valence-corrected chi connectivity index (χ3v) is 4.63. The van der Waals surface area contributed by atoms with Crippen LogP contribution in [0.25, 0.3) is 16.6 Å². The number of nitrogens with zero attached hydrogens (tertiary/aromatic N) is 1. The van der Waals surface area contributed by atoms with Gasteiger partial charge in [0.2, 0.25) is 0 Å². The van der Waals surface area contributed by atoms with Crippen LogP contribution in [0.1, 0.15) is 11.1 Å². The van der Waals surface area contributed by atoms with Crippen LogP contribution in [-0.2, 0) is 0 Å². The summed E-state index contributed by atoms with van der Waals surface area (Å²) >= 11 is 8.82. The molecule has 1 heterocycles. The fraction of sp³-hybridized carbons (Fsp3) is 0.125. The van der Waals surface area contributed by atoms with Crippen LogP contribution in [0.5, 0.6) is 0 Å². The molecule has 5 heteroatoms. The Kier molecular flexibility index (Phi) is 3.55. The van der Waals surface area contributed by atoms with Crippen molar-refractivity contribution >= 4 is 39.1 Å². The molecule has 3 aromatic rings. The van der Waals surface area contributed by atoms with Gasteiger partial charge in [0.25, 0.3) is 5.56 Å². The normalized spacial score (nSPS) is 11.0. The largest absolute Gasteiger partial charge is 0.331 e. The molecule has 0 aliphatic rings. The Balaban J connectivity index is 2.39. The zero-order chi connectivity index (χ0) is 15.1. The number of fused-ring (bicyclic) bond motifs is 1. The fourth-order valence-corrected chi connectivity index (χ4v) is 2.88. The number of H-pyrrole nitrogens is 1. The molecule has 2 aromatic carbocycles. The highest BCUT2D eigenvalue weighted by molar-refractivity contribution is 9.10. The number of hydrogen-bond donors (Lipinski definition) is 1. The molecule has 0 spiro atoms. The Morgan fingerprint density at radius 3 is 2.62 bits per heavy atom. The van der Waals surface area contributed by atoms with Crippen molar-refractivity contribution in [2.24, 2.45) is 0 Å². The number of aromatic nitrogens is 2. The molecule has 3 rings (SSSR count). The second-order valence-electron chi connectivity index (χ2n) is 5.05. The average molecular weight is 361 g/mol. The van der Waals surface area contributed by atoms with E-state index in [1.165, 1.54) is 4.57 Å². The summed E-state index contributed by atoms with van der Waals surface area (Å²) in [6.45, 7) is 3.95. The molecular formula is C16H13BrN2OS. The van der Waals surface area contributed by atoms with Crippen LogP contribution in [0.2, 0.25) is 0 Å². The van der Waals surface area contributed by atoms with Crippen molar-refractivity contribution in [1.29, 1.82) is 0 Å². The Bertz CT molecular complexity index is 972. The van der Waals surface area contributed by atoms with Crippen molar-refractivity contribution in [1.82, 2.24) is 9.55 Å². The molecule has 0 atom stereocenters. The van der Waals surface area contributed by atoms with Gasteiger partial charge in [0, 0.05) is 4.47 Å². The van der Waals surface area contributed by atoms with Crippen LogP contribution >= 0.6 is 28.1 Å². The second-order valence-corrected chi connectivity index (χ2v) is 6.29. The maximum atomic E-state index is 12.8. The van der Waals surface area contributed by atoms with E-state index in [1.54, 1.807) is 0 Å². The number of hydrogen-bond acceptors (Lipinski definition) is 2. The zero-order valence-electron chi connectivity index (χ0n) is 11.6. The number of aryl methyl sites for hydroxylation is 2. The van der Waals surface area contributed by atoms with Crippen LogP contribution in [0.15, 0.2) is 45.7 Å². The average Bonchev–Trinajstić information content (AvgIpc) is 2.44. The SMILES string of the molecule is Cc1ccc2[nH]c(=S)n(-c3ccc(Br)c(C)c3)c(=O)c2c1. The van der Waals surface area contributed by atoms with Gasteiger partial charge in [0.15, 0.2) is 4.77 Å². The monoisotopic (exact) mass is 360 g/mol. The Hall–Kier alpha value is -1.72. The van der Waals surface area contributed by atoms with E-state index in [0.717, 1.165) is 26.8 Å². The molecule has 0 aliphatic heterocycles. The third kappa shape index (κ3) is 2.47. The Labute approximate surface area is 135 Å². The van der Waals surface area contributed by atoms with Gasteiger partial charge in [0.05, 0.1) is 16.6 Å². The fourth-order valence-electron chi connectivity index (χ4n) is 2.33. The smallest absolute Gasteiger partial charge is 0.266 e. The van der Waals surface area contributed by atoms with E-state index in [4.69, 9.17) is 12.2 Å². The van der Waals surface area contributed by atoms with Crippen molar-refractivity contribution in [3.8, 4) is 5.69 Å². The zero-order valence-corrected chi connectivity index (χ0v) is 14.0. The van der Waals surface area contributed by atoms with Gasteiger partial charge in [-0.1, -0.05) is 27.6 Å². The van der Waals surface area contributed by atoms with Gasteiger partial charge in [-0.05, 0) is 62.0 Å². The lowest BCUT2D eigenvalue weighted by Crippen LogP contribution is -2.20. The van der Waals surface area contributed by atoms with Gasteiger partial charge in [0.1, 0.15) is 0 Å². The summed E-state index contributed by atoms with van der Waals surface area (Å²) in [6.07, 6.45) is 0. The minimum absolute atomic E-state index is 0.0980. The highest BCUT2D eigenvalue weighted by Crippen LogP contribution is 2.19. The first-order valence-electron chi connectivity index (χ1n) is 6.49. The molecule has 0 saturated carbocycles. The van der Waals surface area contributed by atoms with Crippen LogP contribution in [-0.4, -0.2) is 9.55 Å². The Morgan fingerprint density at radius 1 is 1.14 bits per heavy atom. The molecule has 0 amide bonds. The van der Waals surface area contributed by atoms with E-state index in [1.807, 2.05) is 50.2 Å². The first-order valence-corrected chi connectivity index (χ1v) is 7.70. The summed E-state index contributed by atoms with van der Waals surface area (Å²) in [5, 5.41) is 0.643. The van der Waals surface area contributed by atoms with Gasteiger partial charge >= 0.3 is 0 Å². The van der Waals surface area contributed by atoms with Crippen LogP contribution in [0.4, 0.5) is 0 Å². The molecule has 0 aliphatic carbocycles. The second kappa shape index (κ2) is 5.24. The summed E-state index contributed by atoms with van der Waals surface area (Å²) in [5.41, 5.74) is 3.53. The predicted molar refractivity (Wildman–Crippen MR) is 91.9 cm³/mol. The van der Waals surface area contributed by atoms with E-state index in [9.17, 15) is 4.79 Å². The molecule has 1 aromatic heterocycles. The van der Waals surface area contributed by atoms with Crippen molar-refractivity contribution in [3.63, 3.8) is 0 Å². The van der Waals surface area contributed by atoms with Crippen molar-refractivity contribution in [3.05, 3.63) is 67.1 Å². The summed E-state index contributed by atoms with van der Waals surface area (Å²) < 4.78 is 2.94. The number of benzene rings is 2. The van der Waals surface area contributed by atoms with E-state index < -0.39 is 0 Å². The van der Waals surface area contributed by atoms with Gasteiger partial charge in [-0.2, -0.15) is 0 Å². The maximum absolute atomic E-state index is 12.8. The third-order valence-electron chi connectivity index (χ3n) is 3.45. The first-order chi connectivity index (χ1) is 9.97. The predicted octanol–water partition coefficient (Wildman–Crippen LogP) is 4.43. The van der Waals surface area contributed by atoms with E-state index in [2.05, 4.69) is 20.9 Å². The number of nitrogens with one attached hydrogen (secondary N) is 1. The Morgan fingerprint density at radius 2 is 1.90 bits per heavy atom. The molecule has 0 saturated heterocycles. The van der Waals surface area contributed by atoms with Crippen molar-refractivity contribution < 1.29 is 0 Å². The van der Waals surface area contributed by atoms with Crippen molar-refractivity contribution in [2.45, 2.75) is 13.8 Å². The summed E-state index contributed by atoms with van der Waals surface area (Å²) in [6, 6.07) is 11.5. The summed E-state index contributed by atoms with van der Waals surface area (Å²) in [7, 11) is 0. The van der Waals surface area contributed by atoms with E-state index in [-0.39, 0.29) is 5.56 Å². The topological polar surface area (TPSA) is 37.8 Å². The minimum Gasteiger partial charge on any atom is -0.331 e. The van der Waals surface area contributed by atoms with Gasteiger partial charge in [-0.25, -0.2) is 0 Å². The molecule has 0 radical (unpaired) electrons. The molecular weight excluding hydrogens is 348 g/mol.